The lowest BCUT2D eigenvalue weighted by molar-refractivity contribution is 0.0742. The molecule has 7 nitrogen and oxygen atoms in total. The molecule has 2 saturated heterocycles. The standard InChI is InChI=1S/C23H25FN4O3.ClH/c1-15-12-17(16-2-3-16)14-25-21(15)26-6-8-27(9-7-26)22(29)19-5-4-18(13-20(19)24)28-10-11-31-23(28)30;/h4-5,12-14,16H,2-3,6-11H2,1H3;1H. The number of hydrogen-bond acceptors (Lipinski definition) is 5. The molecule has 3 fully saturated rings. The summed E-state index contributed by atoms with van der Waals surface area (Å²) >= 11 is 0. The van der Waals surface area contributed by atoms with Gasteiger partial charge in [-0.05, 0) is 55.0 Å². The molecular formula is C23H26ClFN4O3. The predicted octanol–water partition coefficient (Wildman–Crippen LogP) is 3.75. The lowest BCUT2D eigenvalue weighted by Gasteiger charge is -2.36. The van der Waals surface area contributed by atoms with E-state index in [1.165, 1.54) is 35.4 Å². The van der Waals surface area contributed by atoms with Crippen LogP contribution in [-0.2, 0) is 4.74 Å². The number of cyclic esters (lactones) is 1. The first-order valence-corrected chi connectivity index (χ1v) is 10.8. The normalized spacial score (nSPS) is 18.4. The lowest BCUT2D eigenvalue weighted by atomic mass is 10.1. The number of rotatable bonds is 4. The van der Waals surface area contributed by atoms with Crippen molar-refractivity contribution in [2.75, 3.05) is 49.1 Å². The minimum Gasteiger partial charge on any atom is -0.447 e. The fourth-order valence-corrected chi connectivity index (χ4v) is 4.33. The number of carbonyl (C=O) groups is 2. The zero-order chi connectivity index (χ0) is 21.5. The lowest BCUT2D eigenvalue weighted by Crippen LogP contribution is -2.49. The zero-order valence-corrected chi connectivity index (χ0v) is 18.7. The van der Waals surface area contributed by atoms with E-state index >= 15 is 0 Å². The molecule has 3 aliphatic rings. The Bertz CT molecular complexity index is 1040. The molecule has 170 valence electrons. The van der Waals surface area contributed by atoms with Crippen LogP contribution in [0.3, 0.4) is 0 Å². The Kier molecular flexibility index (Phi) is 6.24. The molecule has 5 rings (SSSR count). The van der Waals surface area contributed by atoms with Crippen molar-refractivity contribution >= 4 is 35.9 Å². The van der Waals surface area contributed by atoms with Gasteiger partial charge in [-0.25, -0.2) is 14.2 Å². The number of aromatic nitrogens is 1. The number of aryl methyl sites for hydroxylation is 1. The van der Waals surface area contributed by atoms with Crippen LogP contribution in [0.2, 0.25) is 0 Å². The van der Waals surface area contributed by atoms with Crippen molar-refractivity contribution in [1.29, 1.82) is 0 Å². The molecular weight excluding hydrogens is 435 g/mol. The number of halogens is 2. The molecule has 9 heteroatoms. The Balaban J connectivity index is 0.00000245. The van der Waals surface area contributed by atoms with Crippen molar-refractivity contribution in [1.82, 2.24) is 9.88 Å². The second-order valence-corrected chi connectivity index (χ2v) is 8.39. The molecule has 32 heavy (non-hydrogen) atoms. The zero-order valence-electron chi connectivity index (χ0n) is 17.9. The summed E-state index contributed by atoms with van der Waals surface area (Å²) in [5.74, 6) is 0.677. The predicted molar refractivity (Wildman–Crippen MR) is 121 cm³/mol. The molecule has 2 aromatic rings. The number of nitrogens with zero attached hydrogens (tertiary/aromatic N) is 4. The van der Waals surface area contributed by atoms with Gasteiger partial charge in [0.15, 0.2) is 0 Å². The first-order valence-electron chi connectivity index (χ1n) is 10.8. The number of amides is 2. The summed E-state index contributed by atoms with van der Waals surface area (Å²) in [6.07, 6.45) is 3.98. The molecule has 1 aliphatic carbocycles. The quantitative estimate of drug-likeness (QED) is 0.695. The summed E-state index contributed by atoms with van der Waals surface area (Å²) in [5.41, 5.74) is 2.90. The maximum atomic E-state index is 14.7. The maximum Gasteiger partial charge on any atom is 0.414 e. The molecule has 1 aromatic heterocycles. The highest BCUT2D eigenvalue weighted by Gasteiger charge is 2.29. The van der Waals surface area contributed by atoms with Gasteiger partial charge < -0.3 is 14.5 Å². The summed E-state index contributed by atoms with van der Waals surface area (Å²) < 4.78 is 19.6. The van der Waals surface area contributed by atoms with Gasteiger partial charge in [0.05, 0.1) is 17.8 Å². The first-order chi connectivity index (χ1) is 15.0. The van der Waals surface area contributed by atoms with Crippen LogP contribution in [0.5, 0.6) is 0 Å². The number of anilines is 2. The number of ether oxygens (including phenoxy) is 1. The summed E-state index contributed by atoms with van der Waals surface area (Å²) in [5, 5.41) is 0. The smallest absolute Gasteiger partial charge is 0.414 e. The van der Waals surface area contributed by atoms with Gasteiger partial charge in [-0.2, -0.15) is 0 Å². The number of carbonyl (C=O) groups excluding carboxylic acids is 2. The first kappa shape index (κ1) is 22.3. The van der Waals surface area contributed by atoms with Gasteiger partial charge >= 0.3 is 6.09 Å². The molecule has 0 radical (unpaired) electrons. The highest BCUT2D eigenvalue weighted by Crippen LogP contribution is 2.40. The van der Waals surface area contributed by atoms with Gasteiger partial charge in [0.25, 0.3) is 5.91 Å². The van der Waals surface area contributed by atoms with E-state index in [4.69, 9.17) is 4.74 Å². The highest BCUT2D eigenvalue weighted by atomic mass is 35.5. The van der Waals surface area contributed by atoms with Gasteiger partial charge in [0.2, 0.25) is 0 Å². The van der Waals surface area contributed by atoms with E-state index in [0.717, 1.165) is 11.4 Å². The van der Waals surface area contributed by atoms with Crippen LogP contribution < -0.4 is 9.80 Å². The third kappa shape index (κ3) is 4.24. The van der Waals surface area contributed by atoms with Crippen LogP contribution >= 0.6 is 12.4 Å². The number of hydrogen-bond donors (Lipinski definition) is 0. The maximum absolute atomic E-state index is 14.7. The van der Waals surface area contributed by atoms with E-state index in [0.29, 0.717) is 44.3 Å². The van der Waals surface area contributed by atoms with Crippen LogP contribution in [0, 0.1) is 12.7 Å². The van der Waals surface area contributed by atoms with Crippen LogP contribution in [0.15, 0.2) is 30.5 Å². The molecule has 1 saturated carbocycles. The second kappa shape index (κ2) is 8.94. The Morgan fingerprint density at radius 1 is 1.12 bits per heavy atom. The van der Waals surface area contributed by atoms with E-state index in [1.807, 2.05) is 6.20 Å². The fraction of sp³-hybridized carbons (Fsp3) is 0.435. The Labute approximate surface area is 192 Å². The van der Waals surface area contributed by atoms with Crippen molar-refractivity contribution in [3.05, 3.63) is 53.0 Å². The van der Waals surface area contributed by atoms with E-state index in [-0.39, 0.29) is 30.5 Å². The number of piperazine rings is 1. The van der Waals surface area contributed by atoms with Crippen LogP contribution in [0.1, 0.15) is 40.2 Å². The second-order valence-electron chi connectivity index (χ2n) is 8.39. The van der Waals surface area contributed by atoms with Crippen LogP contribution in [0.4, 0.5) is 20.7 Å². The molecule has 2 aliphatic heterocycles. The molecule has 0 bridgehead atoms. The summed E-state index contributed by atoms with van der Waals surface area (Å²) in [6.45, 7) is 5.06. The van der Waals surface area contributed by atoms with Crippen molar-refractivity contribution in [3.8, 4) is 0 Å². The van der Waals surface area contributed by atoms with Crippen molar-refractivity contribution in [3.63, 3.8) is 0 Å². The molecule has 0 atom stereocenters. The van der Waals surface area contributed by atoms with Crippen molar-refractivity contribution in [2.45, 2.75) is 25.7 Å². The Hall–Kier alpha value is -2.87. The average Bonchev–Trinajstić information content (AvgIpc) is 3.54. The minimum atomic E-state index is -0.627. The van der Waals surface area contributed by atoms with Crippen LogP contribution in [-0.4, -0.2) is 61.2 Å². The highest BCUT2D eigenvalue weighted by molar-refractivity contribution is 5.96. The Morgan fingerprint density at radius 2 is 1.88 bits per heavy atom. The van der Waals surface area contributed by atoms with Crippen molar-refractivity contribution in [2.24, 2.45) is 0 Å². The van der Waals surface area contributed by atoms with Gasteiger partial charge in [-0.3, -0.25) is 9.69 Å². The molecule has 3 heterocycles. The largest absolute Gasteiger partial charge is 0.447 e. The molecule has 2 amide bonds. The van der Waals surface area contributed by atoms with Gasteiger partial charge in [0, 0.05) is 32.4 Å². The monoisotopic (exact) mass is 460 g/mol. The van der Waals surface area contributed by atoms with E-state index in [1.54, 1.807) is 11.0 Å². The third-order valence-corrected chi connectivity index (χ3v) is 6.24. The van der Waals surface area contributed by atoms with E-state index in [2.05, 4.69) is 22.9 Å². The van der Waals surface area contributed by atoms with E-state index < -0.39 is 11.9 Å². The molecule has 0 unspecified atom stereocenters. The minimum absolute atomic E-state index is 0. The fourth-order valence-electron chi connectivity index (χ4n) is 4.33. The van der Waals surface area contributed by atoms with Gasteiger partial charge in [0.1, 0.15) is 18.2 Å². The van der Waals surface area contributed by atoms with E-state index in [9.17, 15) is 14.0 Å². The van der Waals surface area contributed by atoms with Crippen LogP contribution in [0.25, 0.3) is 0 Å². The van der Waals surface area contributed by atoms with Gasteiger partial charge in [-0.15, -0.1) is 12.4 Å². The molecule has 0 spiro atoms. The Morgan fingerprint density at radius 3 is 2.47 bits per heavy atom. The van der Waals surface area contributed by atoms with Crippen molar-refractivity contribution < 1.29 is 18.7 Å². The number of benzene rings is 1. The summed E-state index contributed by atoms with van der Waals surface area (Å²) in [6, 6.07) is 6.50. The molecule has 1 aromatic carbocycles. The third-order valence-electron chi connectivity index (χ3n) is 6.24. The number of pyridine rings is 1. The van der Waals surface area contributed by atoms with Gasteiger partial charge in [-0.1, -0.05) is 6.07 Å². The SMILES string of the molecule is Cc1cc(C2CC2)cnc1N1CCN(C(=O)c2ccc(N3CCOC3=O)cc2F)CC1.Cl. The summed E-state index contributed by atoms with van der Waals surface area (Å²) in [4.78, 5) is 34.5. The average molecular weight is 461 g/mol. The molecule has 0 N–H and O–H groups in total. The summed E-state index contributed by atoms with van der Waals surface area (Å²) in [7, 11) is 0. The topological polar surface area (TPSA) is 66.0 Å².